The second kappa shape index (κ2) is 4.64. The first-order valence-electron chi connectivity index (χ1n) is 6.00. The lowest BCUT2D eigenvalue weighted by atomic mass is 10.00. The Morgan fingerprint density at radius 3 is 2.53 bits per heavy atom. The zero-order valence-electron chi connectivity index (χ0n) is 10.4. The van der Waals surface area contributed by atoms with Crippen LogP contribution in [0.5, 0.6) is 5.75 Å². The predicted molar refractivity (Wildman–Crippen MR) is 66.9 cm³/mol. The molecule has 1 fully saturated rings. The molecule has 1 aliphatic heterocycles. The number of benzene rings is 1. The molecule has 1 aromatic carbocycles. The summed E-state index contributed by atoms with van der Waals surface area (Å²) in [6, 6.07) is 5.36. The van der Waals surface area contributed by atoms with E-state index in [1.807, 2.05) is 24.0 Å². The Morgan fingerprint density at radius 2 is 1.94 bits per heavy atom. The van der Waals surface area contributed by atoms with Gasteiger partial charge in [0.25, 0.3) is 0 Å². The minimum absolute atomic E-state index is 0.234. The van der Waals surface area contributed by atoms with Crippen LogP contribution in [0.1, 0.15) is 18.1 Å². The third-order valence-electron chi connectivity index (χ3n) is 3.49. The minimum atomic E-state index is -1.02. The fourth-order valence-electron chi connectivity index (χ4n) is 2.19. The third kappa shape index (κ3) is 2.44. The van der Waals surface area contributed by atoms with Gasteiger partial charge in [0, 0.05) is 31.7 Å². The van der Waals surface area contributed by atoms with Crippen LogP contribution in [-0.2, 0) is 5.72 Å². The zero-order chi connectivity index (χ0) is 12.5. The molecule has 0 aromatic heterocycles. The van der Waals surface area contributed by atoms with Gasteiger partial charge in [-0.3, -0.25) is 4.90 Å². The van der Waals surface area contributed by atoms with Crippen LogP contribution in [0.2, 0.25) is 0 Å². The monoisotopic (exact) mass is 236 g/mol. The van der Waals surface area contributed by atoms with Crippen molar-refractivity contribution < 1.29 is 10.2 Å². The van der Waals surface area contributed by atoms with Crippen molar-refractivity contribution in [3.63, 3.8) is 0 Å². The van der Waals surface area contributed by atoms with Crippen LogP contribution in [0.25, 0.3) is 0 Å². The molecule has 0 spiro atoms. The first kappa shape index (κ1) is 12.4. The number of aryl methyl sites for hydroxylation is 1. The molecule has 1 saturated heterocycles. The Hall–Kier alpha value is -1.10. The standard InChI is InChI=1S/C13H20N2O2/c1-10-3-4-11(9-12(10)16)13(2,17)15-7-5-14-6-8-15/h3-4,9,14,16-17H,5-8H2,1-2H3. The van der Waals surface area contributed by atoms with Crippen LogP contribution < -0.4 is 5.32 Å². The highest BCUT2D eigenvalue weighted by molar-refractivity contribution is 5.37. The molecule has 0 amide bonds. The van der Waals surface area contributed by atoms with Crippen LogP contribution in [0, 0.1) is 6.92 Å². The molecule has 3 N–H and O–H groups in total. The summed E-state index contributed by atoms with van der Waals surface area (Å²) in [6.45, 7) is 7.01. The van der Waals surface area contributed by atoms with Gasteiger partial charge in [-0.25, -0.2) is 0 Å². The number of aliphatic hydroxyl groups is 1. The second-order valence-electron chi connectivity index (χ2n) is 4.76. The number of aromatic hydroxyl groups is 1. The number of rotatable bonds is 2. The molecule has 1 aromatic rings. The van der Waals surface area contributed by atoms with E-state index in [1.54, 1.807) is 13.0 Å². The summed E-state index contributed by atoms with van der Waals surface area (Å²) in [5.74, 6) is 0.234. The number of hydrogen-bond acceptors (Lipinski definition) is 4. The number of nitrogens with one attached hydrogen (secondary N) is 1. The van der Waals surface area contributed by atoms with Gasteiger partial charge >= 0.3 is 0 Å². The van der Waals surface area contributed by atoms with Crippen molar-refractivity contribution in [2.45, 2.75) is 19.6 Å². The number of phenols is 1. The lowest BCUT2D eigenvalue weighted by Crippen LogP contribution is -2.53. The lowest BCUT2D eigenvalue weighted by Gasteiger charge is -2.40. The molecule has 4 nitrogen and oxygen atoms in total. The number of piperazine rings is 1. The van der Waals surface area contributed by atoms with Gasteiger partial charge in [0.1, 0.15) is 11.5 Å². The molecule has 0 bridgehead atoms. The van der Waals surface area contributed by atoms with E-state index >= 15 is 0 Å². The summed E-state index contributed by atoms with van der Waals surface area (Å²) in [6.07, 6.45) is 0. The fraction of sp³-hybridized carbons (Fsp3) is 0.538. The van der Waals surface area contributed by atoms with E-state index < -0.39 is 5.72 Å². The van der Waals surface area contributed by atoms with Crippen molar-refractivity contribution in [3.05, 3.63) is 29.3 Å². The van der Waals surface area contributed by atoms with E-state index in [0.717, 1.165) is 37.3 Å². The van der Waals surface area contributed by atoms with E-state index in [0.29, 0.717) is 0 Å². The minimum Gasteiger partial charge on any atom is -0.508 e. The Balaban J connectivity index is 2.26. The maximum absolute atomic E-state index is 10.6. The Bertz CT molecular complexity index is 398. The smallest absolute Gasteiger partial charge is 0.141 e. The largest absolute Gasteiger partial charge is 0.508 e. The predicted octanol–water partition coefficient (Wildman–Crippen LogP) is 0.771. The summed E-state index contributed by atoms with van der Waals surface area (Å²) in [7, 11) is 0. The molecule has 94 valence electrons. The Morgan fingerprint density at radius 1 is 1.29 bits per heavy atom. The summed E-state index contributed by atoms with van der Waals surface area (Å²) >= 11 is 0. The average Bonchev–Trinajstić information content (AvgIpc) is 2.33. The van der Waals surface area contributed by atoms with Crippen LogP contribution in [0.3, 0.4) is 0 Å². The summed E-state index contributed by atoms with van der Waals surface area (Å²) in [5, 5.41) is 23.6. The third-order valence-corrected chi connectivity index (χ3v) is 3.49. The van der Waals surface area contributed by atoms with Gasteiger partial charge in [-0.1, -0.05) is 12.1 Å². The van der Waals surface area contributed by atoms with E-state index in [-0.39, 0.29) is 5.75 Å². The highest BCUT2D eigenvalue weighted by atomic mass is 16.3. The molecular weight excluding hydrogens is 216 g/mol. The van der Waals surface area contributed by atoms with E-state index in [1.165, 1.54) is 0 Å². The van der Waals surface area contributed by atoms with Crippen molar-refractivity contribution in [2.75, 3.05) is 26.2 Å². The molecule has 1 aliphatic rings. The van der Waals surface area contributed by atoms with Crippen molar-refractivity contribution in [2.24, 2.45) is 0 Å². The van der Waals surface area contributed by atoms with Gasteiger partial charge in [0.05, 0.1) is 0 Å². The van der Waals surface area contributed by atoms with E-state index in [9.17, 15) is 10.2 Å². The van der Waals surface area contributed by atoms with Gasteiger partial charge in [0.2, 0.25) is 0 Å². The molecule has 0 radical (unpaired) electrons. The molecule has 0 aliphatic carbocycles. The summed E-state index contributed by atoms with van der Waals surface area (Å²) in [4.78, 5) is 2.02. The molecule has 1 heterocycles. The van der Waals surface area contributed by atoms with Crippen LogP contribution in [-0.4, -0.2) is 41.3 Å². The van der Waals surface area contributed by atoms with Gasteiger partial charge in [-0.15, -0.1) is 0 Å². The number of hydrogen-bond donors (Lipinski definition) is 3. The van der Waals surface area contributed by atoms with Gasteiger partial charge in [0.15, 0.2) is 0 Å². The average molecular weight is 236 g/mol. The first-order valence-corrected chi connectivity index (χ1v) is 6.00. The maximum Gasteiger partial charge on any atom is 0.141 e. The molecule has 4 heteroatoms. The first-order chi connectivity index (χ1) is 8.01. The molecule has 1 atom stereocenters. The van der Waals surface area contributed by atoms with Crippen LogP contribution >= 0.6 is 0 Å². The van der Waals surface area contributed by atoms with Gasteiger partial charge in [-0.2, -0.15) is 0 Å². The summed E-state index contributed by atoms with van der Waals surface area (Å²) in [5.41, 5.74) is 0.542. The van der Waals surface area contributed by atoms with Gasteiger partial charge in [-0.05, 0) is 25.5 Å². The Kier molecular flexibility index (Phi) is 3.38. The number of nitrogens with zero attached hydrogens (tertiary/aromatic N) is 1. The fourth-order valence-corrected chi connectivity index (χ4v) is 2.19. The second-order valence-corrected chi connectivity index (χ2v) is 4.76. The van der Waals surface area contributed by atoms with Crippen LogP contribution in [0.4, 0.5) is 0 Å². The number of phenolic OH excluding ortho intramolecular Hbond substituents is 1. The van der Waals surface area contributed by atoms with Crippen molar-refractivity contribution in [1.82, 2.24) is 10.2 Å². The normalized spacial score (nSPS) is 21.1. The van der Waals surface area contributed by atoms with Crippen molar-refractivity contribution in [3.8, 4) is 5.75 Å². The topological polar surface area (TPSA) is 55.7 Å². The molecule has 17 heavy (non-hydrogen) atoms. The quantitative estimate of drug-likeness (QED) is 0.710. The molecule has 1 unspecified atom stereocenters. The molecular formula is C13H20N2O2. The lowest BCUT2D eigenvalue weighted by molar-refractivity contribution is -0.105. The van der Waals surface area contributed by atoms with E-state index in [4.69, 9.17) is 0 Å². The van der Waals surface area contributed by atoms with Gasteiger partial charge < -0.3 is 15.5 Å². The highest BCUT2D eigenvalue weighted by Crippen LogP contribution is 2.29. The maximum atomic E-state index is 10.6. The van der Waals surface area contributed by atoms with Crippen molar-refractivity contribution >= 4 is 0 Å². The summed E-state index contributed by atoms with van der Waals surface area (Å²) < 4.78 is 0. The molecule has 2 rings (SSSR count). The molecule has 0 saturated carbocycles. The van der Waals surface area contributed by atoms with Crippen LogP contribution in [0.15, 0.2) is 18.2 Å². The zero-order valence-corrected chi connectivity index (χ0v) is 10.4. The van der Waals surface area contributed by atoms with E-state index in [2.05, 4.69) is 5.32 Å². The SMILES string of the molecule is Cc1ccc(C(C)(O)N2CCNCC2)cc1O. The highest BCUT2D eigenvalue weighted by Gasteiger charge is 2.32. The Labute approximate surface area is 102 Å². The van der Waals surface area contributed by atoms with Crippen molar-refractivity contribution in [1.29, 1.82) is 0 Å².